The van der Waals surface area contributed by atoms with Crippen molar-refractivity contribution < 1.29 is 14.6 Å². The number of aryl methyl sites for hydroxylation is 2. The van der Waals surface area contributed by atoms with E-state index in [9.17, 15) is 4.79 Å². The minimum atomic E-state index is -1.03. The van der Waals surface area contributed by atoms with Crippen LogP contribution in [0.25, 0.3) is 0 Å². The molecule has 1 aromatic heterocycles. The summed E-state index contributed by atoms with van der Waals surface area (Å²) >= 11 is 0. The fourth-order valence-electron chi connectivity index (χ4n) is 2.14. The van der Waals surface area contributed by atoms with Gasteiger partial charge in [-0.05, 0) is 31.0 Å². The number of ether oxygens (including phenoxy) is 1. The van der Waals surface area contributed by atoms with E-state index in [0.29, 0.717) is 25.3 Å². The highest BCUT2D eigenvalue weighted by molar-refractivity contribution is 5.86. The van der Waals surface area contributed by atoms with Crippen LogP contribution in [0.3, 0.4) is 0 Å². The number of benzene rings is 1. The third kappa shape index (κ3) is 3.81. The molecule has 1 N–H and O–H groups in total. The van der Waals surface area contributed by atoms with E-state index in [0.717, 1.165) is 17.7 Å². The molecule has 0 fully saturated rings. The highest BCUT2D eigenvalue weighted by atomic mass is 16.5. The Balaban J connectivity index is 1.88. The van der Waals surface area contributed by atoms with Gasteiger partial charge in [-0.2, -0.15) is 0 Å². The van der Waals surface area contributed by atoms with Crippen molar-refractivity contribution in [3.63, 3.8) is 0 Å². The average Bonchev–Trinajstić information content (AvgIpc) is 2.86. The zero-order chi connectivity index (χ0) is 15.2. The van der Waals surface area contributed by atoms with Crippen LogP contribution < -0.4 is 4.74 Å². The van der Waals surface area contributed by atoms with E-state index in [2.05, 4.69) is 10.3 Å². The van der Waals surface area contributed by atoms with E-state index in [4.69, 9.17) is 9.84 Å². The lowest BCUT2D eigenvalue weighted by atomic mass is 10.2. The SMILES string of the molecule is CCc1c(C(=O)O)nnn1CCCOc1cccc(C)c1. The molecule has 112 valence electrons. The lowest BCUT2D eigenvalue weighted by molar-refractivity contribution is 0.0689. The van der Waals surface area contributed by atoms with Crippen molar-refractivity contribution in [2.24, 2.45) is 0 Å². The molecule has 2 aromatic rings. The summed E-state index contributed by atoms with van der Waals surface area (Å²) in [6.07, 6.45) is 1.33. The molecule has 0 aliphatic heterocycles. The van der Waals surface area contributed by atoms with Gasteiger partial charge in [0.15, 0.2) is 5.69 Å². The first-order valence-corrected chi connectivity index (χ1v) is 6.97. The fourth-order valence-corrected chi connectivity index (χ4v) is 2.14. The van der Waals surface area contributed by atoms with Gasteiger partial charge in [0.25, 0.3) is 0 Å². The first-order valence-electron chi connectivity index (χ1n) is 6.97. The summed E-state index contributed by atoms with van der Waals surface area (Å²) in [5.41, 5.74) is 1.85. The lowest BCUT2D eigenvalue weighted by Gasteiger charge is -2.08. The highest BCUT2D eigenvalue weighted by Gasteiger charge is 2.16. The minimum absolute atomic E-state index is 0.0390. The van der Waals surface area contributed by atoms with Crippen molar-refractivity contribution in [1.29, 1.82) is 0 Å². The molecule has 0 atom stereocenters. The van der Waals surface area contributed by atoms with Crippen LogP contribution in [0.1, 0.15) is 35.1 Å². The van der Waals surface area contributed by atoms with Gasteiger partial charge >= 0.3 is 5.97 Å². The summed E-state index contributed by atoms with van der Waals surface area (Å²) in [4.78, 5) is 11.0. The van der Waals surface area contributed by atoms with Crippen molar-refractivity contribution in [2.45, 2.75) is 33.2 Å². The van der Waals surface area contributed by atoms with Gasteiger partial charge in [0.05, 0.1) is 12.3 Å². The average molecular weight is 289 g/mol. The molecule has 0 saturated carbocycles. The third-order valence-corrected chi connectivity index (χ3v) is 3.15. The van der Waals surface area contributed by atoms with Gasteiger partial charge in [0.1, 0.15) is 5.75 Å². The van der Waals surface area contributed by atoms with Crippen LogP contribution in [0.2, 0.25) is 0 Å². The molecule has 0 aliphatic carbocycles. The van der Waals surface area contributed by atoms with Crippen molar-refractivity contribution in [3.8, 4) is 5.75 Å². The van der Waals surface area contributed by atoms with Crippen LogP contribution in [0.5, 0.6) is 5.75 Å². The molecule has 0 aliphatic rings. The second-order valence-corrected chi connectivity index (χ2v) is 4.79. The molecule has 1 aromatic carbocycles. The molecule has 0 radical (unpaired) electrons. The van der Waals surface area contributed by atoms with Crippen molar-refractivity contribution >= 4 is 5.97 Å². The quantitative estimate of drug-likeness (QED) is 0.791. The van der Waals surface area contributed by atoms with Gasteiger partial charge in [-0.1, -0.05) is 24.3 Å². The van der Waals surface area contributed by atoms with Crippen molar-refractivity contribution in [2.75, 3.05) is 6.61 Å². The predicted octanol–water partition coefficient (Wildman–Crippen LogP) is 2.32. The van der Waals surface area contributed by atoms with Gasteiger partial charge in [-0.25, -0.2) is 9.48 Å². The van der Waals surface area contributed by atoms with Gasteiger partial charge in [-0.15, -0.1) is 5.10 Å². The summed E-state index contributed by atoms with van der Waals surface area (Å²) in [7, 11) is 0. The molecule has 2 rings (SSSR count). The van der Waals surface area contributed by atoms with Gasteiger partial charge in [0.2, 0.25) is 0 Å². The van der Waals surface area contributed by atoms with Crippen molar-refractivity contribution in [1.82, 2.24) is 15.0 Å². The fraction of sp³-hybridized carbons (Fsp3) is 0.400. The summed E-state index contributed by atoms with van der Waals surface area (Å²) in [6.45, 7) is 5.05. The Morgan fingerprint density at radius 3 is 2.90 bits per heavy atom. The maximum absolute atomic E-state index is 11.0. The number of hydrogen-bond acceptors (Lipinski definition) is 4. The maximum Gasteiger partial charge on any atom is 0.358 e. The minimum Gasteiger partial charge on any atom is -0.494 e. The molecular formula is C15H19N3O3. The van der Waals surface area contributed by atoms with Crippen LogP contribution in [-0.4, -0.2) is 32.7 Å². The Hall–Kier alpha value is -2.37. The number of hydrogen-bond donors (Lipinski definition) is 1. The number of carboxylic acids is 1. The normalized spacial score (nSPS) is 10.6. The lowest BCUT2D eigenvalue weighted by Crippen LogP contribution is -2.10. The molecule has 1 heterocycles. The number of carbonyl (C=O) groups is 1. The van der Waals surface area contributed by atoms with Crippen LogP contribution in [0.15, 0.2) is 24.3 Å². The third-order valence-electron chi connectivity index (χ3n) is 3.15. The summed E-state index contributed by atoms with van der Waals surface area (Å²) in [5.74, 6) is -0.190. The topological polar surface area (TPSA) is 77.2 Å². The highest BCUT2D eigenvalue weighted by Crippen LogP contribution is 2.13. The first-order chi connectivity index (χ1) is 10.1. The maximum atomic E-state index is 11.0. The monoisotopic (exact) mass is 289 g/mol. The molecule has 0 unspecified atom stereocenters. The predicted molar refractivity (Wildman–Crippen MR) is 77.7 cm³/mol. The molecule has 6 heteroatoms. The van der Waals surface area contributed by atoms with Crippen LogP contribution in [0, 0.1) is 6.92 Å². The molecule has 0 bridgehead atoms. The van der Waals surface area contributed by atoms with Gasteiger partial charge < -0.3 is 9.84 Å². The summed E-state index contributed by atoms with van der Waals surface area (Å²) in [6, 6.07) is 7.87. The number of carboxylic acid groups (broad SMARTS) is 1. The zero-order valence-corrected chi connectivity index (χ0v) is 12.2. The molecule has 0 amide bonds. The van der Waals surface area contributed by atoms with E-state index in [1.807, 2.05) is 38.1 Å². The zero-order valence-electron chi connectivity index (χ0n) is 12.2. The van der Waals surface area contributed by atoms with E-state index >= 15 is 0 Å². The second-order valence-electron chi connectivity index (χ2n) is 4.79. The van der Waals surface area contributed by atoms with Crippen molar-refractivity contribution in [3.05, 3.63) is 41.2 Å². The standard InChI is InChI=1S/C15H19N3O3/c1-3-13-14(15(19)20)16-17-18(13)8-5-9-21-12-7-4-6-11(2)10-12/h4,6-7,10H,3,5,8-9H2,1-2H3,(H,19,20). The molecular weight excluding hydrogens is 270 g/mol. The summed E-state index contributed by atoms with van der Waals surface area (Å²) < 4.78 is 7.30. The number of rotatable bonds is 7. The second kappa shape index (κ2) is 6.88. The molecule has 6 nitrogen and oxygen atoms in total. The van der Waals surface area contributed by atoms with Crippen LogP contribution in [0.4, 0.5) is 0 Å². The Kier molecular flexibility index (Phi) is 4.92. The smallest absolute Gasteiger partial charge is 0.358 e. The van der Waals surface area contributed by atoms with E-state index in [1.54, 1.807) is 4.68 Å². The van der Waals surface area contributed by atoms with Gasteiger partial charge in [-0.3, -0.25) is 0 Å². The number of aromatic nitrogens is 3. The van der Waals surface area contributed by atoms with E-state index < -0.39 is 5.97 Å². The molecule has 21 heavy (non-hydrogen) atoms. The Labute approximate surface area is 123 Å². The summed E-state index contributed by atoms with van der Waals surface area (Å²) in [5, 5.41) is 16.6. The van der Waals surface area contributed by atoms with E-state index in [-0.39, 0.29) is 5.69 Å². The van der Waals surface area contributed by atoms with Gasteiger partial charge in [0, 0.05) is 13.0 Å². The Morgan fingerprint density at radius 1 is 1.43 bits per heavy atom. The number of nitrogens with zero attached hydrogens (tertiary/aromatic N) is 3. The Bertz CT molecular complexity index is 622. The van der Waals surface area contributed by atoms with Crippen LogP contribution >= 0.6 is 0 Å². The molecule has 0 spiro atoms. The number of aromatic carboxylic acids is 1. The van der Waals surface area contributed by atoms with E-state index in [1.165, 1.54) is 0 Å². The first kappa shape index (κ1) is 15.0. The largest absolute Gasteiger partial charge is 0.494 e. The van der Waals surface area contributed by atoms with Crippen LogP contribution in [-0.2, 0) is 13.0 Å². The molecule has 0 saturated heterocycles. The Morgan fingerprint density at radius 2 is 2.24 bits per heavy atom.